The van der Waals surface area contributed by atoms with E-state index in [4.69, 9.17) is 21.1 Å². The zero-order valence-corrected chi connectivity index (χ0v) is 21.3. The number of nitrogens with zero attached hydrogens (tertiary/aromatic N) is 2. The molecule has 2 N–H and O–H groups in total. The van der Waals surface area contributed by atoms with Gasteiger partial charge in [-0.3, -0.25) is 19.3 Å². The highest BCUT2D eigenvalue weighted by molar-refractivity contribution is 6.31. The number of rotatable bonds is 7. The minimum atomic E-state index is -0.979. The molecule has 9 heteroatoms. The van der Waals surface area contributed by atoms with Crippen LogP contribution in [0.4, 0.5) is 11.4 Å². The fourth-order valence-corrected chi connectivity index (χ4v) is 4.76. The Balaban J connectivity index is 1.61. The van der Waals surface area contributed by atoms with Crippen molar-refractivity contribution in [3.8, 4) is 0 Å². The van der Waals surface area contributed by atoms with Crippen LogP contribution in [0, 0.1) is 0 Å². The molecule has 38 heavy (non-hydrogen) atoms. The Kier molecular flexibility index (Phi) is 6.42. The summed E-state index contributed by atoms with van der Waals surface area (Å²) >= 11 is 6.08. The Hall–Kier alpha value is -4.56. The van der Waals surface area contributed by atoms with Gasteiger partial charge in [-0.05, 0) is 59.7 Å². The SMILES string of the molecule is CN(C)c1ccc(C2C(C(=O)c3cc4cc(Cl)ccc4o3)=C(O)C(=O)N2c2ccc(CC(=O)O)cc2)cc1. The van der Waals surface area contributed by atoms with Crippen LogP contribution in [-0.4, -0.2) is 42.0 Å². The smallest absolute Gasteiger partial charge is 0.307 e. The van der Waals surface area contributed by atoms with E-state index in [0.29, 0.717) is 32.8 Å². The Morgan fingerprint density at radius 2 is 1.68 bits per heavy atom. The Morgan fingerprint density at radius 1 is 1.00 bits per heavy atom. The number of carbonyl (C=O) groups is 3. The Morgan fingerprint density at radius 3 is 2.32 bits per heavy atom. The van der Waals surface area contributed by atoms with Gasteiger partial charge in [-0.25, -0.2) is 0 Å². The molecule has 1 aliphatic rings. The first kappa shape index (κ1) is 25.1. The highest BCUT2D eigenvalue weighted by Gasteiger charge is 2.45. The highest BCUT2D eigenvalue weighted by atomic mass is 35.5. The molecule has 1 aromatic heterocycles. The summed E-state index contributed by atoms with van der Waals surface area (Å²) in [5.74, 6) is -3.07. The number of anilines is 2. The first-order valence-electron chi connectivity index (χ1n) is 11.7. The van der Waals surface area contributed by atoms with Gasteiger partial charge in [0.05, 0.1) is 18.0 Å². The van der Waals surface area contributed by atoms with Crippen molar-refractivity contribution < 1.29 is 29.0 Å². The van der Waals surface area contributed by atoms with Gasteiger partial charge in [-0.1, -0.05) is 35.9 Å². The maximum absolute atomic E-state index is 13.8. The molecule has 0 spiro atoms. The van der Waals surface area contributed by atoms with E-state index in [0.717, 1.165) is 5.69 Å². The van der Waals surface area contributed by atoms with Gasteiger partial charge in [-0.15, -0.1) is 0 Å². The van der Waals surface area contributed by atoms with Crippen molar-refractivity contribution in [3.05, 3.63) is 106 Å². The van der Waals surface area contributed by atoms with Crippen LogP contribution in [0.5, 0.6) is 0 Å². The van der Waals surface area contributed by atoms with Crippen molar-refractivity contribution in [2.24, 2.45) is 0 Å². The van der Waals surface area contributed by atoms with Crippen molar-refractivity contribution >= 4 is 51.6 Å². The maximum Gasteiger partial charge on any atom is 0.307 e. The fourth-order valence-electron chi connectivity index (χ4n) is 4.58. The van der Waals surface area contributed by atoms with Crippen LogP contribution in [-0.2, 0) is 16.0 Å². The van der Waals surface area contributed by atoms with Gasteiger partial charge in [0.1, 0.15) is 5.58 Å². The molecule has 0 fully saturated rings. The molecule has 192 valence electrons. The number of carbonyl (C=O) groups excluding carboxylic acids is 2. The summed E-state index contributed by atoms with van der Waals surface area (Å²) in [5.41, 5.74) is 2.79. The molecule has 0 saturated heterocycles. The van der Waals surface area contributed by atoms with Crippen LogP contribution in [0.25, 0.3) is 11.0 Å². The number of fused-ring (bicyclic) bond motifs is 1. The molecule has 2 heterocycles. The molecule has 8 nitrogen and oxygen atoms in total. The molecule has 4 aromatic rings. The summed E-state index contributed by atoms with van der Waals surface area (Å²) in [6, 6.07) is 19.2. The zero-order chi connectivity index (χ0) is 27.1. The van der Waals surface area contributed by atoms with Gasteiger partial charge in [0.2, 0.25) is 5.78 Å². The third-order valence-corrected chi connectivity index (χ3v) is 6.69. The van der Waals surface area contributed by atoms with Gasteiger partial charge in [0.15, 0.2) is 11.5 Å². The highest BCUT2D eigenvalue weighted by Crippen LogP contribution is 2.42. The largest absolute Gasteiger partial charge is 0.503 e. The van der Waals surface area contributed by atoms with Gasteiger partial charge in [0.25, 0.3) is 5.91 Å². The lowest BCUT2D eigenvalue weighted by molar-refractivity contribution is -0.136. The third-order valence-electron chi connectivity index (χ3n) is 6.45. The summed E-state index contributed by atoms with van der Waals surface area (Å²) in [6.45, 7) is 0. The number of benzene rings is 3. The second-order valence-corrected chi connectivity index (χ2v) is 9.62. The number of ketones is 1. The molecule has 1 amide bonds. The number of aliphatic hydroxyl groups is 1. The van der Waals surface area contributed by atoms with Crippen LogP contribution in [0.15, 0.2) is 88.5 Å². The molecule has 1 aliphatic heterocycles. The van der Waals surface area contributed by atoms with E-state index in [1.54, 1.807) is 54.6 Å². The van der Waals surface area contributed by atoms with E-state index in [9.17, 15) is 19.5 Å². The summed E-state index contributed by atoms with van der Waals surface area (Å²) in [4.78, 5) is 41.5. The number of halogens is 1. The number of Topliss-reactive ketones (excluding diaryl/α,β-unsaturated/α-hetero) is 1. The minimum absolute atomic E-state index is 0.0369. The number of aliphatic carboxylic acids is 1. The lowest BCUT2D eigenvalue weighted by atomic mass is 9.94. The molecular formula is C29H23ClN2O6. The van der Waals surface area contributed by atoms with Crippen LogP contribution < -0.4 is 9.80 Å². The average molecular weight is 531 g/mol. The number of carboxylic acids is 1. The first-order valence-corrected chi connectivity index (χ1v) is 12.1. The number of amides is 1. The lowest BCUT2D eigenvalue weighted by Gasteiger charge is -2.27. The normalized spacial score (nSPS) is 15.4. The van der Waals surface area contributed by atoms with E-state index in [2.05, 4.69) is 0 Å². The van der Waals surface area contributed by atoms with Crippen molar-refractivity contribution in [1.82, 2.24) is 0 Å². The second-order valence-electron chi connectivity index (χ2n) is 9.18. The predicted molar refractivity (Wildman–Crippen MR) is 144 cm³/mol. The molecule has 5 rings (SSSR count). The van der Waals surface area contributed by atoms with Crippen molar-refractivity contribution in [2.75, 3.05) is 23.9 Å². The Bertz CT molecular complexity index is 1600. The van der Waals surface area contributed by atoms with Crippen LogP contribution in [0.3, 0.4) is 0 Å². The zero-order valence-electron chi connectivity index (χ0n) is 20.5. The van der Waals surface area contributed by atoms with Gasteiger partial charge in [0, 0.05) is 35.9 Å². The molecule has 0 bridgehead atoms. The predicted octanol–water partition coefficient (Wildman–Crippen LogP) is 5.56. The number of furan rings is 1. The summed E-state index contributed by atoms with van der Waals surface area (Å²) in [7, 11) is 3.79. The number of aliphatic hydroxyl groups excluding tert-OH is 1. The second kappa shape index (κ2) is 9.72. The van der Waals surface area contributed by atoms with E-state index in [1.165, 1.54) is 11.0 Å². The quantitative estimate of drug-likeness (QED) is 0.301. The molecule has 1 atom stereocenters. The van der Waals surface area contributed by atoms with Crippen molar-refractivity contribution in [3.63, 3.8) is 0 Å². The first-order chi connectivity index (χ1) is 18.1. The molecule has 0 aliphatic carbocycles. The third kappa shape index (κ3) is 4.50. The summed E-state index contributed by atoms with van der Waals surface area (Å²) in [5, 5.41) is 21.2. The van der Waals surface area contributed by atoms with Crippen LogP contribution >= 0.6 is 11.6 Å². The van der Waals surface area contributed by atoms with E-state index >= 15 is 0 Å². The maximum atomic E-state index is 13.8. The average Bonchev–Trinajstić information content (AvgIpc) is 3.42. The monoisotopic (exact) mass is 530 g/mol. The van der Waals surface area contributed by atoms with Crippen LogP contribution in [0.1, 0.15) is 27.7 Å². The molecule has 3 aromatic carbocycles. The number of hydrogen-bond donors (Lipinski definition) is 2. The molecule has 0 saturated carbocycles. The standard InChI is InChI=1S/C29H23ClN2O6/c1-31(2)20-10-5-17(6-11-20)26-25(27(35)23-15-18-14-19(30)7-12-22(18)38-23)28(36)29(37)32(26)21-8-3-16(4-9-21)13-24(33)34/h3-12,14-15,26,36H,13H2,1-2H3,(H,33,34). The fraction of sp³-hybridized carbons (Fsp3) is 0.138. The number of carboxylic acid groups (broad SMARTS) is 1. The van der Waals surface area contributed by atoms with Crippen LogP contribution in [0.2, 0.25) is 5.02 Å². The van der Waals surface area contributed by atoms with Gasteiger partial charge in [-0.2, -0.15) is 0 Å². The number of hydrogen-bond acceptors (Lipinski definition) is 6. The molecule has 1 unspecified atom stereocenters. The summed E-state index contributed by atoms with van der Waals surface area (Å²) in [6.07, 6.45) is -0.174. The Labute approximate surface area is 223 Å². The van der Waals surface area contributed by atoms with E-state index in [1.807, 2.05) is 31.1 Å². The van der Waals surface area contributed by atoms with E-state index in [-0.39, 0.29) is 17.8 Å². The summed E-state index contributed by atoms with van der Waals surface area (Å²) < 4.78 is 5.76. The van der Waals surface area contributed by atoms with E-state index < -0.39 is 29.5 Å². The van der Waals surface area contributed by atoms with Gasteiger partial charge >= 0.3 is 5.97 Å². The van der Waals surface area contributed by atoms with Crippen molar-refractivity contribution in [1.29, 1.82) is 0 Å². The molecule has 0 radical (unpaired) electrons. The minimum Gasteiger partial charge on any atom is -0.503 e. The molecular weight excluding hydrogens is 508 g/mol. The van der Waals surface area contributed by atoms with Crippen molar-refractivity contribution in [2.45, 2.75) is 12.5 Å². The van der Waals surface area contributed by atoms with Gasteiger partial charge < -0.3 is 19.5 Å². The topological polar surface area (TPSA) is 111 Å². The lowest BCUT2D eigenvalue weighted by Crippen LogP contribution is -2.31.